The van der Waals surface area contributed by atoms with Crippen LogP contribution in [0.15, 0.2) is 15.9 Å². The minimum absolute atomic E-state index is 0.242. The van der Waals surface area contributed by atoms with E-state index in [1.807, 2.05) is 0 Å². The van der Waals surface area contributed by atoms with E-state index in [0.29, 0.717) is 5.92 Å². The summed E-state index contributed by atoms with van der Waals surface area (Å²) in [6.45, 7) is 0. The molecule has 1 aliphatic rings. The van der Waals surface area contributed by atoms with Gasteiger partial charge in [-0.2, -0.15) is 0 Å². The SMILES string of the molecule is ClC(c1ccc(Br)s1)C1CCCCC1. The van der Waals surface area contributed by atoms with Gasteiger partial charge in [0.05, 0.1) is 9.16 Å². The van der Waals surface area contributed by atoms with Crippen molar-refractivity contribution in [1.29, 1.82) is 0 Å². The Morgan fingerprint density at radius 1 is 1.29 bits per heavy atom. The minimum atomic E-state index is 0.242. The Morgan fingerprint density at radius 2 is 2.00 bits per heavy atom. The number of hydrogen-bond acceptors (Lipinski definition) is 1. The van der Waals surface area contributed by atoms with E-state index in [2.05, 4.69) is 28.1 Å². The Bertz CT molecular complexity index is 291. The Balaban J connectivity index is 2.03. The third-order valence-electron chi connectivity index (χ3n) is 2.93. The quantitative estimate of drug-likeness (QED) is 0.643. The second kappa shape index (κ2) is 5.00. The maximum Gasteiger partial charge on any atom is 0.0707 e. The highest BCUT2D eigenvalue weighted by Gasteiger charge is 2.24. The Hall–Kier alpha value is 0.470. The molecule has 0 saturated heterocycles. The van der Waals surface area contributed by atoms with Crippen LogP contribution in [0.2, 0.25) is 0 Å². The smallest absolute Gasteiger partial charge is 0.0707 e. The summed E-state index contributed by atoms with van der Waals surface area (Å²) in [4.78, 5) is 1.32. The molecule has 1 aromatic rings. The average Bonchev–Trinajstić information content (AvgIpc) is 2.65. The summed E-state index contributed by atoms with van der Waals surface area (Å²) in [6, 6.07) is 4.25. The van der Waals surface area contributed by atoms with Crippen molar-refractivity contribution in [2.24, 2.45) is 5.92 Å². The third-order valence-corrected chi connectivity index (χ3v) is 5.36. The Kier molecular flexibility index (Phi) is 3.92. The molecule has 0 aromatic carbocycles. The highest BCUT2D eigenvalue weighted by molar-refractivity contribution is 9.11. The molecule has 0 radical (unpaired) electrons. The average molecular weight is 294 g/mol. The van der Waals surface area contributed by atoms with Crippen LogP contribution in [0.1, 0.15) is 42.4 Å². The first-order valence-corrected chi connectivity index (χ1v) is 7.21. The molecule has 3 heteroatoms. The molecule has 14 heavy (non-hydrogen) atoms. The van der Waals surface area contributed by atoms with Crippen molar-refractivity contribution < 1.29 is 0 Å². The van der Waals surface area contributed by atoms with E-state index in [1.165, 1.54) is 40.8 Å². The van der Waals surface area contributed by atoms with Gasteiger partial charge in [0, 0.05) is 4.88 Å². The summed E-state index contributed by atoms with van der Waals surface area (Å²) in [6.07, 6.45) is 6.74. The van der Waals surface area contributed by atoms with Crippen LogP contribution < -0.4 is 0 Å². The molecule has 0 spiro atoms. The fraction of sp³-hybridized carbons (Fsp3) is 0.636. The molecule has 0 aliphatic heterocycles. The molecule has 0 N–H and O–H groups in total. The molecular formula is C11H14BrClS. The fourth-order valence-corrected chi connectivity index (χ4v) is 4.09. The molecule has 1 atom stereocenters. The summed E-state index contributed by atoms with van der Waals surface area (Å²) in [7, 11) is 0. The van der Waals surface area contributed by atoms with Gasteiger partial charge in [0.2, 0.25) is 0 Å². The number of hydrogen-bond donors (Lipinski definition) is 0. The molecule has 0 amide bonds. The molecule has 1 unspecified atom stereocenters. The lowest BCUT2D eigenvalue weighted by atomic mass is 9.86. The van der Waals surface area contributed by atoms with Crippen molar-refractivity contribution in [3.05, 3.63) is 20.8 Å². The molecule has 2 rings (SSSR count). The number of alkyl halides is 1. The Labute approximate surface area is 103 Å². The van der Waals surface area contributed by atoms with E-state index in [-0.39, 0.29) is 5.38 Å². The van der Waals surface area contributed by atoms with Crippen molar-refractivity contribution in [2.45, 2.75) is 37.5 Å². The van der Waals surface area contributed by atoms with Crippen molar-refractivity contribution >= 4 is 38.9 Å². The topological polar surface area (TPSA) is 0 Å². The summed E-state index contributed by atoms with van der Waals surface area (Å²) in [5.41, 5.74) is 0. The van der Waals surface area contributed by atoms with Gasteiger partial charge in [-0.25, -0.2) is 0 Å². The van der Waals surface area contributed by atoms with Crippen molar-refractivity contribution in [3.8, 4) is 0 Å². The van der Waals surface area contributed by atoms with Crippen LogP contribution in [-0.4, -0.2) is 0 Å². The largest absolute Gasteiger partial charge is 0.132 e. The predicted molar refractivity (Wildman–Crippen MR) is 67.2 cm³/mol. The lowest BCUT2D eigenvalue weighted by Crippen LogP contribution is -2.11. The van der Waals surface area contributed by atoms with Gasteiger partial charge in [0.25, 0.3) is 0 Å². The molecule has 0 nitrogen and oxygen atoms in total. The Morgan fingerprint density at radius 3 is 2.57 bits per heavy atom. The monoisotopic (exact) mass is 292 g/mol. The van der Waals surface area contributed by atoms with Gasteiger partial charge in [-0.05, 0) is 46.8 Å². The van der Waals surface area contributed by atoms with Crippen LogP contribution in [0.3, 0.4) is 0 Å². The van der Waals surface area contributed by atoms with Crippen LogP contribution in [0.5, 0.6) is 0 Å². The summed E-state index contributed by atoms with van der Waals surface area (Å²) in [5, 5.41) is 0.242. The predicted octanol–water partition coefficient (Wildman–Crippen LogP) is 5.37. The molecule has 1 aromatic heterocycles. The zero-order valence-corrected chi connectivity index (χ0v) is 11.2. The highest BCUT2D eigenvalue weighted by Crippen LogP contribution is 2.41. The second-order valence-electron chi connectivity index (χ2n) is 3.94. The zero-order valence-electron chi connectivity index (χ0n) is 8.01. The number of thiophene rings is 1. The van der Waals surface area contributed by atoms with Crippen LogP contribution in [-0.2, 0) is 0 Å². The molecule has 0 bridgehead atoms. The van der Waals surface area contributed by atoms with Gasteiger partial charge in [0.1, 0.15) is 0 Å². The van der Waals surface area contributed by atoms with Crippen LogP contribution in [0.25, 0.3) is 0 Å². The maximum atomic E-state index is 6.49. The lowest BCUT2D eigenvalue weighted by Gasteiger charge is -2.25. The normalized spacial score (nSPS) is 21.0. The van der Waals surface area contributed by atoms with Gasteiger partial charge in [-0.1, -0.05) is 19.3 Å². The molecule has 1 fully saturated rings. The fourth-order valence-electron chi connectivity index (χ4n) is 2.14. The van der Waals surface area contributed by atoms with Crippen molar-refractivity contribution in [2.75, 3.05) is 0 Å². The van der Waals surface area contributed by atoms with Gasteiger partial charge in [-0.3, -0.25) is 0 Å². The van der Waals surface area contributed by atoms with Crippen LogP contribution in [0, 0.1) is 5.92 Å². The minimum Gasteiger partial charge on any atom is -0.132 e. The van der Waals surface area contributed by atoms with E-state index in [1.54, 1.807) is 11.3 Å². The number of halogens is 2. The van der Waals surface area contributed by atoms with Crippen molar-refractivity contribution in [3.63, 3.8) is 0 Å². The molecule has 1 heterocycles. The van der Waals surface area contributed by atoms with Gasteiger partial charge in [-0.15, -0.1) is 22.9 Å². The summed E-state index contributed by atoms with van der Waals surface area (Å²) < 4.78 is 1.19. The van der Waals surface area contributed by atoms with Gasteiger partial charge in [0.15, 0.2) is 0 Å². The summed E-state index contributed by atoms with van der Waals surface area (Å²) in [5.74, 6) is 0.705. The highest BCUT2D eigenvalue weighted by atomic mass is 79.9. The second-order valence-corrected chi connectivity index (χ2v) is 6.91. The third kappa shape index (κ3) is 2.53. The first kappa shape index (κ1) is 11.0. The maximum absolute atomic E-state index is 6.49. The van der Waals surface area contributed by atoms with E-state index >= 15 is 0 Å². The molecular weight excluding hydrogens is 280 g/mol. The first-order chi connectivity index (χ1) is 6.77. The van der Waals surface area contributed by atoms with Gasteiger partial charge >= 0.3 is 0 Å². The molecule has 1 aliphatic carbocycles. The number of rotatable bonds is 2. The van der Waals surface area contributed by atoms with Crippen LogP contribution >= 0.6 is 38.9 Å². The zero-order chi connectivity index (χ0) is 9.97. The first-order valence-electron chi connectivity index (χ1n) is 5.16. The van der Waals surface area contributed by atoms with E-state index in [4.69, 9.17) is 11.6 Å². The lowest BCUT2D eigenvalue weighted by molar-refractivity contribution is 0.350. The summed E-state index contributed by atoms with van der Waals surface area (Å²) >= 11 is 11.7. The van der Waals surface area contributed by atoms with E-state index < -0.39 is 0 Å². The van der Waals surface area contributed by atoms with Crippen LogP contribution in [0.4, 0.5) is 0 Å². The molecule has 78 valence electrons. The van der Waals surface area contributed by atoms with Crippen molar-refractivity contribution in [1.82, 2.24) is 0 Å². The molecule has 1 saturated carbocycles. The standard InChI is InChI=1S/C11H14BrClS/c12-10-7-6-9(14-10)11(13)8-4-2-1-3-5-8/h6-8,11H,1-5H2. The van der Waals surface area contributed by atoms with E-state index in [0.717, 1.165) is 0 Å². The van der Waals surface area contributed by atoms with E-state index in [9.17, 15) is 0 Å². The van der Waals surface area contributed by atoms with Gasteiger partial charge < -0.3 is 0 Å².